The molecule has 51 heavy (non-hydrogen) atoms. The summed E-state index contributed by atoms with van der Waals surface area (Å²) in [4.78, 5) is 53.2. The van der Waals surface area contributed by atoms with Gasteiger partial charge in [0, 0.05) is 50.9 Å². The number of carbonyl (C=O) groups excluding carboxylic acids is 3. The number of aryl methyl sites for hydroxylation is 1. The summed E-state index contributed by atoms with van der Waals surface area (Å²) in [6.45, 7) is 6.89. The molecule has 2 saturated heterocycles. The predicted octanol–water partition coefficient (Wildman–Crippen LogP) is 3.33. The number of aromatic nitrogens is 4. The first-order valence-corrected chi connectivity index (χ1v) is 15.9. The van der Waals surface area contributed by atoms with Gasteiger partial charge in [0.2, 0.25) is 11.7 Å². The summed E-state index contributed by atoms with van der Waals surface area (Å²) in [5, 5.41) is 12.3. The normalized spacial score (nSPS) is 16.2. The van der Waals surface area contributed by atoms with Gasteiger partial charge in [-0.25, -0.2) is 13.9 Å². The molecule has 1 atom stereocenters. The van der Waals surface area contributed by atoms with E-state index in [9.17, 15) is 41.1 Å². The van der Waals surface area contributed by atoms with E-state index in [2.05, 4.69) is 25.7 Å². The predicted molar refractivity (Wildman–Crippen MR) is 170 cm³/mol. The van der Waals surface area contributed by atoms with Gasteiger partial charge < -0.3 is 29.6 Å². The Hall–Kier alpha value is -5.07. The molecule has 0 saturated carbocycles. The smallest absolute Gasteiger partial charge is 0.444 e. The summed E-state index contributed by atoms with van der Waals surface area (Å²) in [5.74, 6) is -2.86. The largest absolute Gasteiger partial charge is 0.573 e. The van der Waals surface area contributed by atoms with E-state index in [1.807, 2.05) is 4.90 Å². The minimum atomic E-state index is -4.86. The maximum atomic E-state index is 14.9. The van der Waals surface area contributed by atoms with E-state index in [-0.39, 0.29) is 55.5 Å². The molecular formula is C32H37F5N8O6. The molecule has 5 rings (SSSR count). The molecule has 2 aromatic heterocycles. The van der Waals surface area contributed by atoms with Crippen molar-refractivity contribution in [1.82, 2.24) is 34.7 Å². The molecule has 0 bridgehead atoms. The monoisotopic (exact) mass is 724 g/mol. The third-order valence-corrected chi connectivity index (χ3v) is 7.99. The zero-order valence-electron chi connectivity index (χ0n) is 28.0. The standard InChI is InChI=1S/C32H37F5N8O6/c1-30(2,3)51-29(49)44-18-31(19-44)16-42(17-31)15-25(46)39-23-8-10-43(28(48)26(23)34)9-7-21(33)13-45-14-24(40-41-45)27(47)38-12-20-5-4-6-22(11-20)50-32(35,36)37/h4-6,8,10-11,14,21H,7,9,12-13,15-19H2,1-3H3,(H,38,47)(H,39,46). The first kappa shape index (κ1) is 37.2. The number of amides is 3. The summed E-state index contributed by atoms with van der Waals surface area (Å²) in [5.41, 5.74) is -1.87. The SMILES string of the molecule is CC(C)(C)OC(=O)N1CC2(CN(CC(=O)Nc3ccn(CCC(F)Cn4cc(C(=O)NCc5cccc(OC(F)(F)F)c5)nn4)c(=O)c3F)C2)C1. The molecule has 2 fully saturated rings. The Kier molecular flexibility index (Phi) is 10.7. The van der Waals surface area contributed by atoms with Crippen molar-refractivity contribution in [2.45, 2.75) is 65.0 Å². The molecule has 2 aliphatic heterocycles. The molecule has 0 radical (unpaired) electrons. The number of carbonyl (C=O) groups is 3. The van der Waals surface area contributed by atoms with Gasteiger partial charge in [0.15, 0.2) is 5.69 Å². The lowest BCUT2D eigenvalue weighted by Gasteiger charge is -2.59. The van der Waals surface area contributed by atoms with Gasteiger partial charge in [-0.3, -0.25) is 19.3 Å². The number of rotatable bonds is 12. The van der Waals surface area contributed by atoms with Crippen molar-refractivity contribution in [2.24, 2.45) is 5.41 Å². The Bertz CT molecular complexity index is 1810. The number of hydrogen-bond donors (Lipinski definition) is 2. The second-order valence-electron chi connectivity index (χ2n) is 13.7. The van der Waals surface area contributed by atoms with Gasteiger partial charge in [-0.15, -0.1) is 18.3 Å². The fourth-order valence-electron chi connectivity index (χ4n) is 5.84. The molecule has 2 N–H and O–H groups in total. The van der Waals surface area contributed by atoms with Crippen molar-refractivity contribution in [3.05, 3.63) is 70.2 Å². The van der Waals surface area contributed by atoms with Gasteiger partial charge in [0.05, 0.1) is 25.0 Å². The van der Waals surface area contributed by atoms with Crippen LogP contribution in [0.5, 0.6) is 5.75 Å². The molecular weight excluding hydrogens is 687 g/mol. The van der Waals surface area contributed by atoms with Crippen LogP contribution in [0.25, 0.3) is 0 Å². The zero-order valence-corrected chi connectivity index (χ0v) is 28.0. The number of halogens is 5. The quantitative estimate of drug-likeness (QED) is 0.268. The Balaban J connectivity index is 1.03. The number of likely N-dealkylation sites (tertiary alicyclic amines) is 2. The first-order valence-electron chi connectivity index (χ1n) is 15.9. The van der Waals surface area contributed by atoms with Crippen molar-refractivity contribution < 1.29 is 45.8 Å². The maximum absolute atomic E-state index is 14.9. The second kappa shape index (κ2) is 14.7. The minimum Gasteiger partial charge on any atom is -0.444 e. The Morgan fingerprint density at radius 1 is 1.08 bits per heavy atom. The molecule has 3 aromatic rings. The zero-order chi connectivity index (χ0) is 37.1. The van der Waals surface area contributed by atoms with Crippen molar-refractivity contribution in [1.29, 1.82) is 0 Å². The molecule has 276 valence electrons. The number of pyridine rings is 1. The van der Waals surface area contributed by atoms with Gasteiger partial charge in [-0.05, 0) is 51.0 Å². The summed E-state index contributed by atoms with van der Waals surface area (Å²) in [6, 6.07) is 6.26. The van der Waals surface area contributed by atoms with Crippen molar-refractivity contribution in [3.8, 4) is 5.75 Å². The van der Waals surface area contributed by atoms with E-state index >= 15 is 0 Å². The van der Waals surface area contributed by atoms with Crippen LogP contribution >= 0.6 is 0 Å². The van der Waals surface area contributed by atoms with E-state index in [0.717, 1.165) is 21.4 Å². The van der Waals surface area contributed by atoms with E-state index in [1.54, 1.807) is 25.7 Å². The Morgan fingerprint density at radius 3 is 2.49 bits per heavy atom. The summed E-state index contributed by atoms with van der Waals surface area (Å²) in [6.07, 6.45) is -4.60. The van der Waals surface area contributed by atoms with Gasteiger partial charge in [-0.1, -0.05) is 17.3 Å². The van der Waals surface area contributed by atoms with Gasteiger partial charge in [0.25, 0.3) is 11.5 Å². The van der Waals surface area contributed by atoms with Crippen molar-refractivity contribution in [2.75, 3.05) is 38.0 Å². The van der Waals surface area contributed by atoms with Crippen LogP contribution in [0.3, 0.4) is 0 Å². The van der Waals surface area contributed by atoms with E-state index in [0.29, 0.717) is 31.7 Å². The minimum absolute atomic E-state index is 0.0272. The summed E-state index contributed by atoms with van der Waals surface area (Å²) >= 11 is 0. The fourth-order valence-corrected chi connectivity index (χ4v) is 5.84. The molecule has 1 unspecified atom stereocenters. The highest BCUT2D eigenvalue weighted by Crippen LogP contribution is 2.40. The van der Waals surface area contributed by atoms with E-state index < -0.39 is 47.1 Å². The molecule has 2 aliphatic rings. The average Bonchev–Trinajstić information content (AvgIpc) is 3.45. The first-order chi connectivity index (χ1) is 23.9. The number of benzene rings is 1. The maximum Gasteiger partial charge on any atom is 0.573 e. The highest BCUT2D eigenvalue weighted by Gasteiger charge is 2.54. The van der Waals surface area contributed by atoms with Crippen LogP contribution in [0.4, 0.5) is 32.4 Å². The Labute approximate surface area is 288 Å². The molecule has 0 aliphatic carbocycles. The average molecular weight is 725 g/mol. The lowest BCUT2D eigenvalue weighted by Crippen LogP contribution is -2.73. The molecule has 19 heteroatoms. The number of ether oxygens (including phenoxy) is 2. The molecule has 4 heterocycles. The number of alkyl halides is 4. The topological polar surface area (TPSA) is 153 Å². The molecule has 1 spiro atoms. The third-order valence-electron chi connectivity index (χ3n) is 7.99. The lowest BCUT2D eigenvalue weighted by atomic mass is 9.73. The van der Waals surface area contributed by atoms with Crippen LogP contribution in [0.2, 0.25) is 0 Å². The fraction of sp³-hybridized carbons (Fsp3) is 0.500. The van der Waals surface area contributed by atoms with Gasteiger partial charge in [0.1, 0.15) is 17.5 Å². The summed E-state index contributed by atoms with van der Waals surface area (Å²) in [7, 11) is 0. The number of nitrogens with one attached hydrogen (secondary N) is 2. The number of nitrogens with zero attached hydrogens (tertiary/aromatic N) is 6. The van der Waals surface area contributed by atoms with Crippen LogP contribution in [-0.4, -0.2) is 98.1 Å². The number of hydrogen-bond acceptors (Lipinski definition) is 9. The van der Waals surface area contributed by atoms with Crippen molar-refractivity contribution >= 4 is 23.6 Å². The van der Waals surface area contributed by atoms with Crippen LogP contribution in [-0.2, 0) is 29.2 Å². The number of anilines is 1. The van der Waals surface area contributed by atoms with Crippen LogP contribution in [0.15, 0.2) is 47.5 Å². The van der Waals surface area contributed by atoms with Crippen molar-refractivity contribution in [3.63, 3.8) is 0 Å². The van der Waals surface area contributed by atoms with Crippen LogP contribution in [0, 0.1) is 11.2 Å². The highest BCUT2D eigenvalue weighted by atomic mass is 19.4. The van der Waals surface area contributed by atoms with Gasteiger partial charge >= 0.3 is 12.5 Å². The summed E-state index contributed by atoms with van der Waals surface area (Å²) < 4.78 is 78.3. The van der Waals surface area contributed by atoms with E-state index in [1.165, 1.54) is 30.6 Å². The highest BCUT2D eigenvalue weighted by molar-refractivity contribution is 5.92. The Morgan fingerprint density at radius 2 is 1.80 bits per heavy atom. The second-order valence-corrected chi connectivity index (χ2v) is 13.7. The third kappa shape index (κ3) is 10.0. The molecule has 1 aromatic carbocycles. The lowest BCUT2D eigenvalue weighted by molar-refractivity contribution is -0.274. The van der Waals surface area contributed by atoms with Gasteiger partial charge in [-0.2, -0.15) is 4.39 Å². The van der Waals surface area contributed by atoms with Crippen LogP contribution < -0.4 is 20.9 Å². The van der Waals surface area contributed by atoms with Crippen LogP contribution in [0.1, 0.15) is 43.2 Å². The molecule has 3 amide bonds. The molecule has 14 nitrogen and oxygen atoms in total. The van der Waals surface area contributed by atoms with E-state index in [4.69, 9.17) is 4.74 Å².